The molecular formula is C19H18BrF4N5O2S. The second-order valence-electron chi connectivity index (χ2n) is 7.14. The number of nitrogens with one attached hydrogen (secondary N) is 1. The van der Waals surface area contributed by atoms with E-state index in [4.69, 9.17) is 0 Å². The van der Waals surface area contributed by atoms with Crippen LogP contribution >= 0.6 is 15.9 Å². The Hall–Kier alpha value is -2.54. The minimum Gasteiger partial charge on any atom is -0.292 e. The highest BCUT2D eigenvalue weighted by Gasteiger charge is 2.43. The number of aromatic nitrogens is 1. The predicted octanol–water partition coefficient (Wildman–Crippen LogP) is 3.88. The molecule has 1 aliphatic rings. The van der Waals surface area contributed by atoms with Crippen LogP contribution in [0.1, 0.15) is 23.0 Å². The highest BCUT2D eigenvalue weighted by Crippen LogP contribution is 2.34. The molecule has 0 saturated carbocycles. The van der Waals surface area contributed by atoms with Crippen molar-refractivity contribution >= 4 is 37.7 Å². The highest BCUT2D eigenvalue weighted by atomic mass is 79.9. The third-order valence-corrected chi connectivity index (χ3v) is 7.52. The number of nitrogens with zero attached hydrogens (tertiary/aromatic N) is 4. The van der Waals surface area contributed by atoms with E-state index in [9.17, 15) is 26.6 Å². The summed E-state index contributed by atoms with van der Waals surface area (Å²) in [5.74, 6) is -2.32. The van der Waals surface area contributed by atoms with Crippen molar-refractivity contribution in [2.24, 2.45) is 9.36 Å². The molecule has 1 aromatic heterocycles. The summed E-state index contributed by atoms with van der Waals surface area (Å²) in [4.78, 5) is 21.0. The van der Waals surface area contributed by atoms with Crippen LogP contribution in [0.15, 0.2) is 56.4 Å². The van der Waals surface area contributed by atoms with Gasteiger partial charge < -0.3 is 0 Å². The van der Waals surface area contributed by atoms with Crippen LogP contribution < -0.4 is 5.32 Å². The number of benzene rings is 1. The van der Waals surface area contributed by atoms with E-state index in [0.717, 1.165) is 10.4 Å². The first kappa shape index (κ1) is 24.1. The Bertz CT molecular complexity index is 1180. The van der Waals surface area contributed by atoms with Crippen LogP contribution in [0.25, 0.3) is 0 Å². The Labute approximate surface area is 190 Å². The lowest BCUT2D eigenvalue weighted by Crippen LogP contribution is -2.53. The molecule has 1 aromatic carbocycles. The van der Waals surface area contributed by atoms with Crippen LogP contribution in [0, 0.1) is 5.82 Å². The molecule has 2 aromatic rings. The number of alkyl halides is 3. The number of amides is 1. The predicted molar refractivity (Wildman–Crippen MR) is 115 cm³/mol. The average molecular weight is 536 g/mol. The third kappa shape index (κ3) is 5.26. The zero-order valence-corrected chi connectivity index (χ0v) is 19.3. The number of hydrogen-bond acceptors (Lipinski definition) is 5. The molecule has 0 radical (unpaired) electrons. The summed E-state index contributed by atoms with van der Waals surface area (Å²) in [5.41, 5.74) is -1.69. The number of pyridine rings is 1. The Morgan fingerprint density at radius 1 is 1.28 bits per heavy atom. The molecule has 1 amide bonds. The number of guanidine groups is 1. The smallest absolute Gasteiger partial charge is 0.292 e. The molecule has 172 valence electrons. The maximum Gasteiger partial charge on any atom is 0.408 e. The summed E-state index contributed by atoms with van der Waals surface area (Å²) in [6.45, 7) is -0.310. The lowest BCUT2D eigenvalue weighted by Gasteiger charge is -2.37. The van der Waals surface area contributed by atoms with Crippen molar-refractivity contribution in [3.05, 3.63) is 64.1 Å². The number of hydrogen-bond donors (Lipinski definition) is 1. The fraction of sp³-hybridized carbons (Fsp3) is 0.316. The lowest BCUT2D eigenvalue weighted by molar-refractivity contribution is -0.117. The van der Waals surface area contributed by atoms with Crippen LogP contribution in [0.2, 0.25) is 0 Å². The molecule has 0 fully saturated rings. The second-order valence-corrected chi connectivity index (χ2v) is 10.3. The molecule has 0 aliphatic carbocycles. The minimum atomic E-state index is -4.71. The quantitative estimate of drug-likeness (QED) is 0.478. The third-order valence-electron chi connectivity index (χ3n) is 4.58. The maximum atomic E-state index is 14.6. The van der Waals surface area contributed by atoms with E-state index < -0.39 is 45.7 Å². The first-order chi connectivity index (χ1) is 14.8. The molecule has 2 heterocycles. The van der Waals surface area contributed by atoms with Gasteiger partial charge in [-0.1, -0.05) is 18.2 Å². The van der Waals surface area contributed by atoms with Gasteiger partial charge in [0.25, 0.3) is 5.91 Å². The summed E-state index contributed by atoms with van der Waals surface area (Å²) in [6.07, 6.45) is -4.71. The number of rotatable bonds is 3. The number of aliphatic imine (C=N–C) groups is 1. The van der Waals surface area contributed by atoms with Gasteiger partial charge in [-0.05, 0) is 47.1 Å². The summed E-state index contributed by atoms with van der Waals surface area (Å²) in [6, 6.07) is 10.4. The maximum absolute atomic E-state index is 14.6. The van der Waals surface area contributed by atoms with E-state index in [1.807, 2.05) is 0 Å². The van der Waals surface area contributed by atoms with Crippen molar-refractivity contribution in [3.8, 4) is 0 Å². The molecule has 32 heavy (non-hydrogen) atoms. The van der Waals surface area contributed by atoms with Crippen LogP contribution in [0.3, 0.4) is 0 Å². The zero-order chi connectivity index (χ0) is 23.7. The summed E-state index contributed by atoms with van der Waals surface area (Å²) >= 11 is 3.12. The first-order valence-corrected chi connectivity index (χ1v) is 11.6. The lowest BCUT2D eigenvalue weighted by atomic mass is 10.00. The van der Waals surface area contributed by atoms with Gasteiger partial charge in [0.2, 0.25) is 5.96 Å². The van der Waals surface area contributed by atoms with Gasteiger partial charge in [-0.25, -0.2) is 22.9 Å². The van der Waals surface area contributed by atoms with Crippen molar-refractivity contribution in [1.29, 1.82) is 0 Å². The molecule has 1 aliphatic heterocycles. The molecule has 13 heteroatoms. The van der Waals surface area contributed by atoms with Crippen LogP contribution in [-0.2, 0) is 15.5 Å². The first-order valence-electron chi connectivity index (χ1n) is 9.13. The minimum absolute atomic E-state index is 0.237. The SMILES string of the molecule is CN1C(NC(=O)c2ccccc2)=N[C@](C)(c2nc(Br)ccc2F)CS1(=O)=NCC(F)(F)F. The van der Waals surface area contributed by atoms with Gasteiger partial charge in [0.1, 0.15) is 38.1 Å². The van der Waals surface area contributed by atoms with Gasteiger partial charge in [0, 0.05) is 12.6 Å². The highest BCUT2D eigenvalue weighted by molar-refractivity contribution is 9.10. The van der Waals surface area contributed by atoms with Crippen molar-refractivity contribution in [3.63, 3.8) is 0 Å². The molecule has 1 unspecified atom stereocenters. The van der Waals surface area contributed by atoms with Gasteiger partial charge in [0.15, 0.2) is 0 Å². The summed E-state index contributed by atoms with van der Waals surface area (Å²) < 4.78 is 71.3. The fourth-order valence-electron chi connectivity index (χ4n) is 3.03. The fourth-order valence-corrected chi connectivity index (χ4v) is 5.43. The Morgan fingerprint density at radius 2 is 1.94 bits per heavy atom. The number of halogens is 5. The summed E-state index contributed by atoms with van der Waals surface area (Å²) in [5, 5.41) is 2.45. The standard InChI is InChI=1S/C19H18BrF4N5O2S/c1-18(15-13(21)8-9-14(20)26-15)11-32(31,25-10-19(22,23)24)29(2)17(28-18)27-16(30)12-6-4-3-5-7-12/h3-9H,10-11H2,1-2H3,(H,27,28,30)/t18-,32?/m0/s1. The molecule has 1 N–H and O–H groups in total. The number of carbonyl (C=O) groups is 1. The van der Waals surface area contributed by atoms with Crippen molar-refractivity contribution in [2.75, 3.05) is 19.3 Å². The monoisotopic (exact) mass is 535 g/mol. The van der Waals surface area contributed by atoms with E-state index in [-0.39, 0.29) is 21.8 Å². The molecule has 0 saturated heterocycles. The van der Waals surface area contributed by atoms with Gasteiger partial charge >= 0.3 is 6.18 Å². The van der Waals surface area contributed by atoms with E-state index in [1.165, 1.54) is 32.2 Å². The normalized spacial score (nSPS) is 23.5. The number of carbonyl (C=O) groups excluding carboxylic acids is 1. The van der Waals surface area contributed by atoms with E-state index in [0.29, 0.717) is 0 Å². The Kier molecular flexibility index (Phi) is 6.61. The van der Waals surface area contributed by atoms with Crippen molar-refractivity contribution in [1.82, 2.24) is 14.6 Å². The van der Waals surface area contributed by atoms with Gasteiger partial charge in [0.05, 0.1) is 5.75 Å². The van der Waals surface area contributed by atoms with Gasteiger partial charge in [-0.15, -0.1) is 0 Å². The molecule has 2 atom stereocenters. The molecule has 0 bridgehead atoms. The molecule has 3 rings (SSSR count). The summed E-state index contributed by atoms with van der Waals surface area (Å²) in [7, 11) is -2.59. The largest absolute Gasteiger partial charge is 0.408 e. The topological polar surface area (TPSA) is 87.0 Å². The molecular weight excluding hydrogens is 518 g/mol. The molecule has 7 nitrogen and oxygen atoms in total. The van der Waals surface area contributed by atoms with Crippen LogP contribution in [0.4, 0.5) is 17.6 Å². The van der Waals surface area contributed by atoms with E-state index in [2.05, 4.69) is 35.6 Å². The van der Waals surface area contributed by atoms with Crippen molar-refractivity contribution < 1.29 is 26.6 Å². The Morgan fingerprint density at radius 3 is 2.56 bits per heavy atom. The Balaban J connectivity index is 2.13. The van der Waals surface area contributed by atoms with E-state index in [1.54, 1.807) is 18.2 Å². The zero-order valence-electron chi connectivity index (χ0n) is 16.9. The average Bonchev–Trinajstić information content (AvgIpc) is 2.72. The van der Waals surface area contributed by atoms with Gasteiger partial charge in [-0.2, -0.15) is 13.2 Å². The van der Waals surface area contributed by atoms with Crippen LogP contribution in [-0.4, -0.2) is 50.9 Å². The molecule has 0 spiro atoms. The van der Waals surface area contributed by atoms with Crippen LogP contribution in [0.5, 0.6) is 0 Å². The van der Waals surface area contributed by atoms with Crippen molar-refractivity contribution in [2.45, 2.75) is 18.6 Å². The van der Waals surface area contributed by atoms with E-state index >= 15 is 0 Å². The second kappa shape index (κ2) is 8.77. The van der Waals surface area contributed by atoms with Gasteiger partial charge in [-0.3, -0.25) is 14.4 Å².